The van der Waals surface area contributed by atoms with E-state index in [9.17, 15) is 4.79 Å². The van der Waals surface area contributed by atoms with Crippen LogP contribution in [0.2, 0.25) is 0 Å². The lowest BCUT2D eigenvalue weighted by atomic mass is 10.4. The van der Waals surface area contributed by atoms with Gasteiger partial charge < -0.3 is 5.73 Å². The Bertz CT molecular complexity index is 380. The van der Waals surface area contributed by atoms with E-state index in [2.05, 4.69) is 10.2 Å². The maximum absolute atomic E-state index is 11.3. The Balaban J connectivity index is 2.37. The van der Waals surface area contributed by atoms with Crippen LogP contribution in [0, 0.1) is 0 Å². The first-order chi connectivity index (χ1) is 6.18. The van der Waals surface area contributed by atoms with Crippen LogP contribution in [0.25, 0.3) is 0 Å². The maximum atomic E-state index is 11.3. The van der Waals surface area contributed by atoms with E-state index >= 15 is 0 Å². The van der Waals surface area contributed by atoms with E-state index in [4.69, 9.17) is 5.73 Å². The van der Waals surface area contributed by atoms with Crippen molar-refractivity contribution in [1.29, 1.82) is 0 Å². The van der Waals surface area contributed by atoms with Crippen LogP contribution in [-0.4, -0.2) is 21.5 Å². The summed E-state index contributed by atoms with van der Waals surface area (Å²) in [5.74, 6) is 0.845. The van der Waals surface area contributed by atoms with E-state index in [1.165, 1.54) is 5.01 Å². The number of carbonyl (C=O) groups is 1. The molecule has 1 aromatic rings. The Morgan fingerprint density at radius 3 is 2.85 bits per heavy atom. The molecule has 0 unspecified atom stereocenters. The van der Waals surface area contributed by atoms with Gasteiger partial charge in [-0.15, -0.1) is 0 Å². The van der Waals surface area contributed by atoms with Gasteiger partial charge in [-0.25, -0.2) is 0 Å². The lowest BCUT2D eigenvalue weighted by molar-refractivity contribution is -0.117. The Morgan fingerprint density at radius 2 is 2.38 bits per heavy atom. The predicted octanol–water partition coefficient (Wildman–Crippen LogP) is -0.571. The van der Waals surface area contributed by atoms with Gasteiger partial charge in [0.1, 0.15) is 5.84 Å². The Labute approximate surface area is 74.6 Å². The molecule has 1 amide bonds. The van der Waals surface area contributed by atoms with Crippen molar-refractivity contribution in [1.82, 2.24) is 9.78 Å². The fraction of sp³-hybridized carbons (Fsp3) is 0.286. The second kappa shape index (κ2) is 2.58. The SMILES string of the molecule is Cn1nccc1N1N=C(N)CC1=O. The molecule has 2 heterocycles. The summed E-state index contributed by atoms with van der Waals surface area (Å²) >= 11 is 0. The highest BCUT2D eigenvalue weighted by Gasteiger charge is 2.25. The standard InChI is InChI=1S/C7H9N5O/c1-11-6(2-3-9-11)12-7(13)4-5(8)10-12/h2-3H,4H2,1H3,(H2,8,10). The molecule has 0 fully saturated rings. The summed E-state index contributed by atoms with van der Waals surface area (Å²) in [6.45, 7) is 0. The molecule has 2 N–H and O–H groups in total. The number of nitrogens with two attached hydrogens (primary N) is 1. The minimum atomic E-state index is -0.124. The largest absolute Gasteiger partial charge is 0.385 e. The molecule has 0 saturated carbocycles. The van der Waals surface area contributed by atoms with Gasteiger partial charge in [0.25, 0.3) is 5.91 Å². The van der Waals surface area contributed by atoms with Gasteiger partial charge in [0.05, 0.1) is 12.6 Å². The highest BCUT2D eigenvalue weighted by molar-refractivity contribution is 6.11. The molecule has 0 radical (unpaired) electrons. The smallest absolute Gasteiger partial charge is 0.256 e. The summed E-state index contributed by atoms with van der Waals surface area (Å²) in [5, 5.41) is 9.09. The van der Waals surface area contributed by atoms with Crippen LogP contribution in [0.5, 0.6) is 0 Å². The summed E-state index contributed by atoms with van der Waals surface area (Å²) < 4.78 is 1.57. The number of anilines is 1. The van der Waals surface area contributed by atoms with E-state index in [0.29, 0.717) is 11.7 Å². The molecule has 0 spiro atoms. The van der Waals surface area contributed by atoms with E-state index < -0.39 is 0 Å². The predicted molar refractivity (Wildman–Crippen MR) is 46.9 cm³/mol. The number of carbonyl (C=O) groups excluding carboxylic acids is 1. The average molecular weight is 179 g/mol. The number of rotatable bonds is 1. The van der Waals surface area contributed by atoms with Crippen LogP contribution in [0.4, 0.5) is 5.82 Å². The zero-order chi connectivity index (χ0) is 9.42. The monoisotopic (exact) mass is 179 g/mol. The van der Waals surface area contributed by atoms with Crippen LogP contribution >= 0.6 is 0 Å². The highest BCUT2D eigenvalue weighted by Crippen LogP contribution is 2.17. The van der Waals surface area contributed by atoms with Crippen molar-refractivity contribution in [2.45, 2.75) is 6.42 Å². The van der Waals surface area contributed by atoms with E-state index in [0.717, 1.165) is 0 Å². The molecule has 1 aliphatic heterocycles. The van der Waals surface area contributed by atoms with Gasteiger partial charge in [-0.1, -0.05) is 0 Å². The first-order valence-electron chi connectivity index (χ1n) is 3.82. The van der Waals surface area contributed by atoms with Crippen molar-refractivity contribution < 1.29 is 4.79 Å². The highest BCUT2D eigenvalue weighted by atomic mass is 16.2. The summed E-state index contributed by atoms with van der Waals surface area (Å²) in [7, 11) is 1.74. The molecule has 2 rings (SSSR count). The number of amides is 1. The second-order valence-electron chi connectivity index (χ2n) is 2.79. The third-order valence-corrected chi connectivity index (χ3v) is 1.81. The van der Waals surface area contributed by atoms with Gasteiger partial charge in [0.2, 0.25) is 0 Å². The summed E-state index contributed by atoms with van der Waals surface area (Å²) in [5.41, 5.74) is 5.43. The van der Waals surface area contributed by atoms with Gasteiger partial charge in [-0.3, -0.25) is 9.48 Å². The molecule has 13 heavy (non-hydrogen) atoms. The molecule has 0 atom stereocenters. The normalized spacial score (nSPS) is 16.5. The van der Waals surface area contributed by atoms with Crippen molar-refractivity contribution in [3.05, 3.63) is 12.3 Å². The van der Waals surface area contributed by atoms with Gasteiger partial charge in [0, 0.05) is 13.1 Å². The fourth-order valence-electron chi connectivity index (χ4n) is 1.20. The first kappa shape index (κ1) is 7.78. The van der Waals surface area contributed by atoms with Crippen molar-refractivity contribution >= 4 is 17.6 Å². The van der Waals surface area contributed by atoms with Crippen molar-refractivity contribution in [3.8, 4) is 0 Å². The fourth-order valence-corrected chi connectivity index (χ4v) is 1.20. The molecule has 0 saturated heterocycles. The first-order valence-corrected chi connectivity index (χ1v) is 3.82. The van der Waals surface area contributed by atoms with Gasteiger partial charge >= 0.3 is 0 Å². The minimum Gasteiger partial charge on any atom is -0.385 e. The molecule has 68 valence electrons. The molecule has 6 heteroatoms. The molecule has 6 nitrogen and oxygen atoms in total. The number of aryl methyl sites for hydroxylation is 1. The number of aromatic nitrogens is 2. The number of nitrogens with zero attached hydrogens (tertiary/aromatic N) is 4. The summed E-state index contributed by atoms with van der Waals surface area (Å²) in [6.07, 6.45) is 1.79. The molecule has 1 aromatic heterocycles. The Morgan fingerprint density at radius 1 is 1.62 bits per heavy atom. The number of hydrazone groups is 1. The van der Waals surface area contributed by atoms with Crippen LogP contribution in [0.15, 0.2) is 17.4 Å². The van der Waals surface area contributed by atoms with Crippen molar-refractivity contribution in [3.63, 3.8) is 0 Å². The number of hydrogen-bond acceptors (Lipinski definition) is 4. The van der Waals surface area contributed by atoms with Gasteiger partial charge in [-0.05, 0) is 0 Å². The molecular weight excluding hydrogens is 170 g/mol. The van der Waals surface area contributed by atoms with E-state index in [1.54, 1.807) is 24.0 Å². The summed E-state index contributed by atoms with van der Waals surface area (Å²) in [6, 6.07) is 1.71. The maximum Gasteiger partial charge on any atom is 0.256 e. The zero-order valence-electron chi connectivity index (χ0n) is 7.14. The number of amidine groups is 1. The third-order valence-electron chi connectivity index (χ3n) is 1.81. The van der Waals surface area contributed by atoms with E-state index in [-0.39, 0.29) is 12.3 Å². The van der Waals surface area contributed by atoms with Crippen LogP contribution in [0.1, 0.15) is 6.42 Å². The van der Waals surface area contributed by atoms with Gasteiger partial charge in [0.15, 0.2) is 5.82 Å². The quantitative estimate of drug-likeness (QED) is 0.627. The van der Waals surface area contributed by atoms with Crippen LogP contribution in [0.3, 0.4) is 0 Å². The molecule has 0 aliphatic carbocycles. The Hall–Kier alpha value is -1.85. The number of hydrogen-bond donors (Lipinski definition) is 1. The lowest BCUT2D eigenvalue weighted by Gasteiger charge is -2.10. The minimum absolute atomic E-state index is 0.124. The van der Waals surface area contributed by atoms with Gasteiger partial charge in [-0.2, -0.15) is 15.2 Å². The second-order valence-corrected chi connectivity index (χ2v) is 2.79. The topological polar surface area (TPSA) is 76.5 Å². The van der Waals surface area contributed by atoms with Crippen LogP contribution in [-0.2, 0) is 11.8 Å². The average Bonchev–Trinajstić information content (AvgIpc) is 2.58. The van der Waals surface area contributed by atoms with Crippen molar-refractivity contribution in [2.75, 3.05) is 5.01 Å². The molecular formula is C7H9N5O. The molecule has 0 bridgehead atoms. The third kappa shape index (κ3) is 1.16. The zero-order valence-corrected chi connectivity index (χ0v) is 7.14. The Kier molecular flexibility index (Phi) is 1.54. The van der Waals surface area contributed by atoms with E-state index in [1.807, 2.05) is 0 Å². The van der Waals surface area contributed by atoms with Crippen LogP contribution < -0.4 is 10.7 Å². The summed E-state index contributed by atoms with van der Waals surface area (Å²) in [4.78, 5) is 11.3. The van der Waals surface area contributed by atoms with Crippen molar-refractivity contribution in [2.24, 2.45) is 17.9 Å². The molecule has 0 aromatic carbocycles. The molecule has 1 aliphatic rings. The lowest BCUT2D eigenvalue weighted by Crippen LogP contribution is -2.22.